The molecule has 0 spiro atoms. The SMILES string of the molecule is CSCCC(C)NCc1cccc(Br)c1O. The lowest BCUT2D eigenvalue weighted by Crippen LogP contribution is -2.26. The molecule has 0 radical (unpaired) electrons. The molecule has 1 unspecified atom stereocenters. The highest BCUT2D eigenvalue weighted by Gasteiger charge is 2.06. The number of hydrogen-bond donors (Lipinski definition) is 2. The molecule has 2 nitrogen and oxygen atoms in total. The highest BCUT2D eigenvalue weighted by Crippen LogP contribution is 2.27. The van der Waals surface area contributed by atoms with Crippen molar-refractivity contribution in [2.75, 3.05) is 12.0 Å². The maximum Gasteiger partial charge on any atom is 0.134 e. The van der Waals surface area contributed by atoms with Crippen LogP contribution in [-0.4, -0.2) is 23.2 Å². The molecule has 1 aromatic carbocycles. The first-order chi connectivity index (χ1) is 7.65. The Morgan fingerprint density at radius 2 is 2.25 bits per heavy atom. The summed E-state index contributed by atoms with van der Waals surface area (Å²) in [5, 5.41) is 13.2. The van der Waals surface area contributed by atoms with Gasteiger partial charge in [-0.1, -0.05) is 12.1 Å². The molecule has 16 heavy (non-hydrogen) atoms. The highest BCUT2D eigenvalue weighted by molar-refractivity contribution is 9.10. The van der Waals surface area contributed by atoms with Crippen molar-refractivity contribution in [3.8, 4) is 5.75 Å². The van der Waals surface area contributed by atoms with Crippen LogP contribution >= 0.6 is 27.7 Å². The lowest BCUT2D eigenvalue weighted by molar-refractivity contribution is 0.455. The van der Waals surface area contributed by atoms with Crippen molar-refractivity contribution >= 4 is 27.7 Å². The zero-order chi connectivity index (χ0) is 12.0. The summed E-state index contributed by atoms with van der Waals surface area (Å²) in [5.74, 6) is 1.51. The highest BCUT2D eigenvalue weighted by atomic mass is 79.9. The zero-order valence-electron chi connectivity index (χ0n) is 9.66. The Hall–Kier alpha value is -0.190. The molecule has 90 valence electrons. The van der Waals surface area contributed by atoms with Crippen molar-refractivity contribution in [1.29, 1.82) is 0 Å². The van der Waals surface area contributed by atoms with Crippen LogP contribution in [0.2, 0.25) is 0 Å². The van der Waals surface area contributed by atoms with Crippen LogP contribution < -0.4 is 5.32 Å². The molecule has 0 bridgehead atoms. The quantitative estimate of drug-likeness (QED) is 0.845. The second-order valence-corrected chi connectivity index (χ2v) is 5.65. The Morgan fingerprint density at radius 3 is 2.94 bits per heavy atom. The Kier molecular flexibility index (Phi) is 6.24. The fourth-order valence-electron chi connectivity index (χ4n) is 1.38. The zero-order valence-corrected chi connectivity index (χ0v) is 12.1. The molecule has 0 saturated carbocycles. The number of nitrogens with one attached hydrogen (secondary N) is 1. The first kappa shape index (κ1) is 13.9. The molecular weight excluding hydrogens is 286 g/mol. The number of rotatable bonds is 6. The number of halogens is 1. The Bertz CT molecular complexity index is 333. The number of aromatic hydroxyl groups is 1. The number of thioether (sulfide) groups is 1. The van der Waals surface area contributed by atoms with Gasteiger partial charge in [-0.2, -0.15) is 11.8 Å². The molecule has 1 rings (SSSR count). The fraction of sp³-hybridized carbons (Fsp3) is 0.500. The maximum atomic E-state index is 9.80. The molecule has 0 fully saturated rings. The van der Waals surface area contributed by atoms with Crippen LogP contribution in [0.3, 0.4) is 0 Å². The van der Waals surface area contributed by atoms with Crippen LogP contribution in [0.1, 0.15) is 18.9 Å². The number of hydrogen-bond acceptors (Lipinski definition) is 3. The minimum atomic E-state index is 0.340. The number of phenolic OH excluding ortho intramolecular Hbond substituents is 1. The molecule has 4 heteroatoms. The molecular formula is C12H18BrNOS. The van der Waals surface area contributed by atoms with Crippen molar-refractivity contribution in [3.63, 3.8) is 0 Å². The third-order valence-corrected chi connectivity index (χ3v) is 3.75. The summed E-state index contributed by atoms with van der Waals surface area (Å²) < 4.78 is 0.753. The lowest BCUT2D eigenvalue weighted by Gasteiger charge is -2.14. The molecule has 2 N–H and O–H groups in total. The van der Waals surface area contributed by atoms with Crippen LogP contribution in [0, 0.1) is 0 Å². The van der Waals surface area contributed by atoms with Gasteiger partial charge in [0.05, 0.1) is 4.47 Å². The summed E-state index contributed by atoms with van der Waals surface area (Å²) in [6.07, 6.45) is 3.27. The van der Waals surface area contributed by atoms with Crippen molar-refractivity contribution in [3.05, 3.63) is 28.2 Å². The van der Waals surface area contributed by atoms with Gasteiger partial charge in [-0.15, -0.1) is 0 Å². The number of phenols is 1. The Balaban J connectivity index is 2.45. The molecule has 0 aliphatic heterocycles. The van der Waals surface area contributed by atoms with Crippen LogP contribution in [0.5, 0.6) is 5.75 Å². The van der Waals surface area contributed by atoms with E-state index in [4.69, 9.17) is 0 Å². The third kappa shape index (κ3) is 4.36. The van der Waals surface area contributed by atoms with E-state index < -0.39 is 0 Å². The van der Waals surface area contributed by atoms with Gasteiger partial charge in [0.2, 0.25) is 0 Å². The predicted molar refractivity (Wildman–Crippen MR) is 75.1 cm³/mol. The molecule has 1 atom stereocenters. The van der Waals surface area contributed by atoms with Gasteiger partial charge in [0.1, 0.15) is 5.75 Å². The summed E-state index contributed by atoms with van der Waals surface area (Å²) in [7, 11) is 0. The minimum Gasteiger partial charge on any atom is -0.506 e. The molecule has 0 amide bonds. The molecule has 0 aliphatic rings. The van der Waals surface area contributed by atoms with E-state index in [-0.39, 0.29) is 0 Å². The van der Waals surface area contributed by atoms with Gasteiger partial charge >= 0.3 is 0 Å². The predicted octanol–water partition coefficient (Wildman–Crippen LogP) is 3.39. The van der Waals surface area contributed by atoms with Crippen molar-refractivity contribution in [2.24, 2.45) is 0 Å². The summed E-state index contributed by atoms with van der Waals surface area (Å²) in [5.41, 5.74) is 0.936. The average molecular weight is 304 g/mol. The average Bonchev–Trinajstić information content (AvgIpc) is 2.28. The van der Waals surface area contributed by atoms with Crippen molar-refractivity contribution < 1.29 is 5.11 Å². The van der Waals surface area contributed by atoms with Crippen LogP contribution in [-0.2, 0) is 6.54 Å². The van der Waals surface area contributed by atoms with Gasteiger partial charge in [-0.25, -0.2) is 0 Å². The van der Waals surface area contributed by atoms with E-state index in [0.29, 0.717) is 18.3 Å². The molecule has 0 aromatic heterocycles. The number of para-hydroxylation sites is 1. The molecule has 0 saturated heterocycles. The van der Waals surface area contributed by atoms with E-state index in [1.165, 1.54) is 5.75 Å². The van der Waals surface area contributed by atoms with Gasteiger partial charge in [-0.05, 0) is 47.3 Å². The summed E-state index contributed by atoms with van der Waals surface area (Å²) in [6, 6.07) is 6.20. The normalized spacial score (nSPS) is 12.7. The molecule has 0 aliphatic carbocycles. The maximum absolute atomic E-state index is 9.80. The van der Waals surface area contributed by atoms with E-state index in [2.05, 4.69) is 34.4 Å². The largest absolute Gasteiger partial charge is 0.506 e. The van der Waals surface area contributed by atoms with Gasteiger partial charge in [0, 0.05) is 18.2 Å². The first-order valence-electron chi connectivity index (χ1n) is 5.33. The van der Waals surface area contributed by atoms with Gasteiger partial charge < -0.3 is 10.4 Å². The summed E-state index contributed by atoms with van der Waals surface area (Å²) in [4.78, 5) is 0. The Morgan fingerprint density at radius 1 is 1.50 bits per heavy atom. The van der Waals surface area contributed by atoms with Crippen LogP contribution in [0.25, 0.3) is 0 Å². The summed E-state index contributed by atoms with van der Waals surface area (Å²) >= 11 is 5.17. The second-order valence-electron chi connectivity index (χ2n) is 3.81. The van der Waals surface area contributed by atoms with Crippen molar-refractivity contribution in [1.82, 2.24) is 5.32 Å². The van der Waals surface area contributed by atoms with E-state index in [1.54, 1.807) is 0 Å². The minimum absolute atomic E-state index is 0.340. The van der Waals surface area contributed by atoms with E-state index in [1.807, 2.05) is 30.0 Å². The fourth-order valence-corrected chi connectivity index (χ4v) is 2.38. The van der Waals surface area contributed by atoms with Crippen LogP contribution in [0.4, 0.5) is 0 Å². The third-order valence-electron chi connectivity index (χ3n) is 2.47. The lowest BCUT2D eigenvalue weighted by atomic mass is 10.2. The topological polar surface area (TPSA) is 32.3 Å². The number of benzene rings is 1. The van der Waals surface area contributed by atoms with E-state index >= 15 is 0 Å². The van der Waals surface area contributed by atoms with Gasteiger partial charge in [0.15, 0.2) is 0 Å². The molecule has 1 aromatic rings. The van der Waals surface area contributed by atoms with E-state index in [9.17, 15) is 5.11 Å². The monoisotopic (exact) mass is 303 g/mol. The first-order valence-corrected chi connectivity index (χ1v) is 7.52. The van der Waals surface area contributed by atoms with E-state index in [0.717, 1.165) is 16.5 Å². The van der Waals surface area contributed by atoms with Gasteiger partial charge in [-0.3, -0.25) is 0 Å². The smallest absolute Gasteiger partial charge is 0.134 e. The van der Waals surface area contributed by atoms with Crippen molar-refractivity contribution in [2.45, 2.75) is 25.9 Å². The Labute approximate surface area is 110 Å². The molecule has 0 heterocycles. The summed E-state index contributed by atoms with van der Waals surface area (Å²) in [6.45, 7) is 2.88. The standard InChI is InChI=1S/C12H18BrNOS/c1-9(6-7-16-2)14-8-10-4-3-5-11(13)12(10)15/h3-5,9,14-15H,6-8H2,1-2H3. The van der Waals surface area contributed by atoms with Crippen LogP contribution in [0.15, 0.2) is 22.7 Å². The van der Waals surface area contributed by atoms with Gasteiger partial charge in [0.25, 0.3) is 0 Å². The second kappa shape index (κ2) is 7.20.